The Morgan fingerprint density at radius 2 is 2.18 bits per heavy atom. The van der Waals surface area contributed by atoms with E-state index in [0.717, 1.165) is 25.7 Å². The molecule has 2 rings (SSSR count). The standard InChI is InChI=1S/C15H23ClN2O3S/c1-11-5-3-4-8-15(11,10-17)18-22(19,20)12-6-7-14(21-2)13(16)9-12/h6-7,9,11,18H,3-5,8,10,17H2,1-2H3. The number of methoxy groups -OCH3 is 1. The number of hydrogen-bond donors (Lipinski definition) is 2. The number of benzene rings is 1. The average molecular weight is 347 g/mol. The van der Waals surface area contributed by atoms with Crippen LogP contribution >= 0.6 is 11.6 Å². The van der Waals surface area contributed by atoms with E-state index in [1.54, 1.807) is 6.07 Å². The molecular formula is C15H23ClN2O3S. The van der Waals surface area contributed by atoms with E-state index >= 15 is 0 Å². The van der Waals surface area contributed by atoms with Crippen LogP contribution < -0.4 is 15.2 Å². The minimum atomic E-state index is -3.68. The highest BCUT2D eigenvalue weighted by Crippen LogP contribution is 2.35. The van der Waals surface area contributed by atoms with Gasteiger partial charge < -0.3 is 10.5 Å². The van der Waals surface area contributed by atoms with Crippen LogP contribution in [-0.2, 0) is 10.0 Å². The van der Waals surface area contributed by atoms with Gasteiger partial charge in [0.15, 0.2) is 0 Å². The zero-order chi connectivity index (χ0) is 16.4. The maximum atomic E-state index is 12.7. The van der Waals surface area contributed by atoms with Gasteiger partial charge in [0.1, 0.15) is 5.75 Å². The van der Waals surface area contributed by atoms with E-state index < -0.39 is 15.6 Å². The van der Waals surface area contributed by atoms with Gasteiger partial charge in [-0.1, -0.05) is 31.4 Å². The van der Waals surface area contributed by atoms with Crippen LogP contribution in [0.1, 0.15) is 32.6 Å². The highest BCUT2D eigenvalue weighted by Gasteiger charge is 2.40. The first-order chi connectivity index (χ1) is 10.3. The molecule has 7 heteroatoms. The van der Waals surface area contributed by atoms with E-state index in [4.69, 9.17) is 22.1 Å². The van der Waals surface area contributed by atoms with Gasteiger partial charge in [-0.2, -0.15) is 0 Å². The summed E-state index contributed by atoms with van der Waals surface area (Å²) in [6, 6.07) is 4.45. The van der Waals surface area contributed by atoms with Crippen molar-refractivity contribution in [3.05, 3.63) is 23.2 Å². The Balaban J connectivity index is 2.32. The van der Waals surface area contributed by atoms with E-state index in [1.807, 2.05) is 0 Å². The monoisotopic (exact) mass is 346 g/mol. The van der Waals surface area contributed by atoms with Crippen LogP contribution in [-0.4, -0.2) is 27.6 Å². The van der Waals surface area contributed by atoms with E-state index in [-0.39, 0.29) is 22.4 Å². The van der Waals surface area contributed by atoms with Crippen molar-refractivity contribution in [1.82, 2.24) is 4.72 Å². The molecule has 1 aliphatic carbocycles. The molecule has 0 aromatic heterocycles. The average Bonchev–Trinajstić information content (AvgIpc) is 2.49. The Hall–Kier alpha value is -0.820. The number of nitrogens with one attached hydrogen (secondary N) is 1. The van der Waals surface area contributed by atoms with Crippen LogP contribution in [0.4, 0.5) is 0 Å². The lowest BCUT2D eigenvalue weighted by Gasteiger charge is -2.42. The molecular weight excluding hydrogens is 324 g/mol. The largest absolute Gasteiger partial charge is 0.495 e. The van der Waals surface area contributed by atoms with Gasteiger partial charge in [-0.05, 0) is 37.0 Å². The molecule has 1 aromatic carbocycles. The van der Waals surface area contributed by atoms with Crippen molar-refractivity contribution in [1.29, 1.82) is 0 Å². The van der Waals surface area contributed by atoms with Crippen molar-refractivity contribution in [2.75, 3.05) is 13.7 Å². The second kappa shape index (κ2) is 6.74. The molecule has 2 atom stereocenters. The quantitative estimate of drug-likeness (QED) is 0.858. The van der Waals surface area contributed by atoms with E-state index in [0.29, 0.717) is 5.75 Å². The lowest BCUT2D eigenvalue weighted by molar-refractivity contribution is 0.191. The lowest BCUT2D eigenvalue weighted by Crippen LogP contribution is -2.58. The second-order valence-electron chi connectivity index (χ2n) is 5.91. The summed E-state index contributed by atoms with van der Waals surface area (Å²) in [5.41, 5.74) is 5.34. The molecule has 22 heavy (non-hydrogen) atoms. The van der Waals surface area contributed by atoms with Crippen molar-refractivity contribution >= 4 is 21.6 Å². The van der Waals surface area contributed by atoms with Crippen molar-refractivity contribution < 1.29 is 13.2 Å². The summed E-state index contributed by atoms with van der Waals surface area (Å²) in [7, 11) is -2.19. The molecule has 0 heterocycles. The van der Waals surface area contributed by atoms with Gasteiger partial charge in [-0.25, -0.2) is 13.1 Å². The van der Waals surface area contributed by atoms with Gasteiger partial charge in [0.25, 0.3) is 0 Å². The summed E-state index contributed by atoms with van der Waals surface area (Å²) >= 11 is 6.03. The number of ether oxygens (including phenoxy) is 1. The number of sulfonamides is 1. The Labute approximate surface area is 137 Å². The molecule has 0 saturated heterocycles. The Morgan fingerprint density at radius 1 is 1.45 bits per heavy atom. The molecule has 0 bridgehead atoms. The van der Waals surface area contributed by atoms with Crippen molar-refractivity contribution in [3.8, 4) is 5.75 Å². The van der Waals surface area contributed by atoms with Gasteiger partial charge in [-0.15, -0.1) is 0 Å². The summed E-state index contributed by atoms with van der Waals surface area (Å²) in [6.45, 7) is 2.34. The number of rotatable bonds is 5. The second-order valence-corrected chi connectivity index (χ2v) is 8.00. The van der Waals surface area contributed by atoms with Gasteiger partial charge >= 0.3 is 0 Å². The molecule has 0 aliphatic heterocycles. The van der Waals surface area contributed by atoms with E-state index in [2.05, 4.69) is 11.6 Å². The maximum absolute atomic E-state index is 12.7. The van der Waals surface area contributed by atoms with Gasteiger partial charge in [0.05, 0.1) is 17.0 Å². The van der Waals surface area contributed by atoms with Crippen molar-refractivity contribution in [3.63, 3.8) is 0 Å². The first-order valence-corrected chi connectivity index (χ1v) is 9.28. The Kier molecular flexibility index (Phi) is 5.37. The van der Waals surface area contributed by atoms with Gasteiger partial charge in [0.2, 0.25) is 10.0 Å². The fourth-order valence-electron chi connectivity index (χ4n) is 3.05. The van der Waals surface area contributed by atoms with Crippen LogP contribution in [0.15, 0.2) is 23.1 Å². The molecule has 5 nitrogen and oxygen atoms in total. The summed E-state index contributed by atoms with van der Waals surface area (Å²) in [5, 5.41) is 0.267. The highest BCUT2D eigenvalue weighted by molar-refractivity contribution is 7.89. The van der Waals surface area contributed by atoms with Crippen LogP contribution in [0.25, 0.3) is 0 Å². The molecule has 1 saturated carbocycles. The molecule has 1 aromatic rings. The maximum Gasteiger partial charge on any atom is 0.241 e. The Morgan fingerprint density at radius 3 is 2.73 bits per heavy atom. The minimum absolute atomic E-state index is 0.129. The zero-order valence-electron chi connectivity index (χ0n) is 12.9. The molecule has 0 spiro atoms. The molecule has 1 aliphatic rings. The van der Waals surface area contributed by atoms with E-state index in [9.17, 15) is 8.42 Å². The van der Waals surface area contributed by atoms with Crippen LogP contribution in [0.5, 0.6) is 5.75 Å². The van der Waals surface area contributed by atoms with Gasteiger partial charge in [-0.3, -0.25) is 0 Å². The zero-order valence-corrected chi connectivity index (χ0v) is 14.5. The molecule has 0 radical (unpaired) electrons. The van der Waals surface area contributed by atoms with Crippen LogP contribution in [0.3, 0.4) is 0 Å². The number of nitrogens with two attached hydrogens (primary N) is 1. The third-order valence-corrected chi connectivity index (χ3v) is 6.43. The molecule has 1 fully saturated rings. The smallest absolute Gasteiger partial charge is 0.241 e. The lowest BCUT2D eigenvalue weighted by atomic mass is 9.74. The summed E-state index contributed by atoms with van der Waals surface area (Å²) in [6.07, 6.45) is 3.82. The summed E-state index contributed by atoms with van der Waals surface area (Å²) < 4.78 is 33.3. The topological polar surface area (TPSA) is 81.4 Å². The SMILES string of the molecule is COc1ccc(S(=O)(=O)NC2(CN)CCCCC2C)cc1Cl. The minimum Gasteiger partial charge on any atom is -0.495 e. The van der Waals surface area contributed by atoms with Crippen molar-refractivity contribution in [2.45, 2.75) is 43.0 Å². The third kappa shape index (κ3) is 3.40. The predicted molar refractivity (Wildman–Crippen MR) is 87.7 cm³/mol. The van der Waals surface area contributed by atoms with Crippen LogP contribution in [0.2, 0.25) is 5.02 Å². The molecule has 0 amide bonds. The van der Waals surface area contributed by atoms with Gasteiger partial charge in [0, 0.05) is 12.1 Å². The van der Waals surface area contributed by atoms with Crippen molar-refractivity contribution in [2.24, 2.45) is 11.7 Å². The Bertz CT molecular complexity index is 636. The number of hydrogen-bond acceptors (Lipinski definition) is 4. The fraction of sp³-hybridized carbons (Fsp3) is 0.600. The highest BCUT2D eigenvalue weighted by atomic mass is 35.5. The molecule has 2 unspecified atom stereocenters. The molecule has 124 valence electrons. The summed E-state index contributed by atoms with van der Waals surface area (Å²) in [4.78, 5) is 0.129. The summed E-state index contributed by atoms with van der Waals surface area (Å²) in [5.74, 6) is 0.648. The number of halogens is 1. The normalized spacial score (nSPS) is 25.9. The van der Waals surface area contributed by atoms with Crippen LogP contribution in [0, 0.1) is 5.92 Å². The van der Waals surface area contributed by atoms with E-state index in [1.165, 1.54) is 19.2 Å². The third-order valence-electron chi connectivity index (χ3n) is 4.59. The first-order valence-electron chi connectivity index (χ1n) is 7.42. The molecule has 3 N–H and O–H groups in total. The first kappa shape index (κ1) is 17.5. The predicted octanol–water partition coefficient (Wildman–Crippen LogP) is 2.53. The fourth-order valence-corrected chi connectivity index (χ4v) is 4.93.